The van der Waals surface area contributed by atoms with Gasteiger partial charge in [-0.25, -0.2) is 14.1 Å². The van der Waals surface area contributed by atoms with Crippen molar-refractivity contribution >= 4 is 29.1 Å². The molecule has 2 aromatic carbocycles. The highest BCUT2D eigenvalue weighted by Crippen LogP contribution is 2.37. The maximum absolute atomic E-state index is 15.5. The Hall–Kier alpha value is -4.53. The van der Waals surface area contributed by atoms with Crippen LogP contribution < -0.4 is 16.4 Å². The van der Waals surface area contributed by atoms with Gasteiger partial charge in [-0.05, 0) is 72.7 Å². The van der Waals surface area contributed by atoms with E-state index in [0.717, 1.165) is 23.0 Å². The molecule has 0 fully saturated rings. The van der Waals surface area contributed by atoms with E-state index in [-0.39, 0.29) is 27.8 Å². The minimum atomic E-state index is -0.724. The topological polar surface area (TPSA) is 115 Å². The molecule has 1 aliphatic heterocycles. The predicted molar refractivity (Wildman–Crippen MR) is 150 cm³/mol. The number of carbonyl (C=O) groups excluding carboxylic acids is 2. The number of nitrogens with zero attached hydrogens (tertiary/aromatic N) is 3. The van der Waals surface area contributed by atoms with Crippen LogP contribution in [0.2, 0.25) is 0 Å². The van der Waals surface area contributed by atoms with E-state index >= 15 is 4.39 Å². The average Bonchev–Trinajstić information content (AvgIpc) is 3.12. The lowest BCUT2D eigenvalue weighted by Crippen LogP contribution is -2.16. The summed E-state index contributed by atoms with van der Waals surface area (Å²) in [6, 6.07) is 14.1. The second kappa shape index (κ2) is 9.65. The largest absolute Gasteiger partial charge is 0.365 e. The van der Waals surface area contributed by atoms with Gasteiger partial charge < -0.3 is 16.4 Å². The number of primary amides is 1. The Morgan fingerprint density at radius 3 is 2.56 bits per heavy atom. The summed E-state index contributed by atoms with van der Waals surface area (Å²) in [6.07, 6.45) is 0.673. The zero-order chi connectivity index (χ0) is 28.1. The summed E-state index contributed by atoms with van der Waals surface area (Å²) in [5, 5.41) is 10.6. The number of anilines is 3. The molecule has 39 heavy (non-hydrogen) atoms. The molecule has 0 aliphatic carbocycles. The molecule has 200 valence electrons. The van der Waals surface area contributed by atoms with Gasteiger partial charge in [-0.3, -0.25) is 9.59 Å². The van der Waals surface area contributed by atoms with Crippen molar-refractivity contribution in [2.75, 3.05) is 10.6 Å². The lowest BCUT2D eigenvalue weighted by molar-refractivity contribution is 0.0998. The van der Waals surface area contributed by atoms with E-state index in [1.54, 1.807) is 23.7 Å². The maximum atomic E-state index is 15.5. The number of aromatic nitrogens is 3. The number of aryl methyl sites for hydroxylation is 4. The Morgan fingerprint density at radius 2 is 1.87 bits per heavy atom. The summed E-state index contributed by atoms with van der Waals surface area (Å²) in [6.45, 7) is 10.5. The molecule has 4 aromatic rings. The van der Waals surface area contributed by atoms with E-state index < -0.39 is 17.6 Å². The van der Waals surface area contributed by atoms with Crippen molar-refractivity contribution < 1.29 is 14.0 Å². The summed E-state index contributed by atoms with van der Waals surface area (Å²) in [5.74, 6) is -1.10. The number of fused-ring (bicyclic) bond motifs is 2. The van der Waals surface area contributed by atoms with Gasteiger partial charge in [0.2, 0.25) is 0 Å². The third kappa shape index (κ3) is 4.99. The number of benzene rings is 2. The van der Waals surface area contributed by atoms with Crippen LogP contribution in [0.15, 0.2) is 48.5 Å². The Balaban J connectivity index is 1.52. The maximum Gasteiger partial charge on any atom is 0.257 e. The first-order valence-corrected chi connectivity index (χ1v) is 12.8. The molecule has 0 atom stereocenters. The molecule has 9 heteroatoms. The van der Waals surface area contributed by atoms with Gasteiger partial charge in [0, 0.05) is 29.1 Å². The second-order valence-corrected chi connectivity index (χ2v) is 10.9. The summed E-state index contributed by atoms with van der Waals surface area (Å²) < 4.78 is 17.2. The Labute approximate surface area is 226 Å². The van der Waals surface area contributed by atoms with Crippen molar-refractivity contribution in [2.45, 2.75) is 53.0 Å². The molecule has 0 saturated heterocycles. The molecule has 0 unspecified atom stereocenters. The van der Waals surface area contributed by atoms with Crippen LogP contribution in [0.4, 0.5) is 21.7 Å². The fourth-order valence-electron chi connectivity index (χ4n) is 4.82. The van der Waals surface area contributed by atoms with Crippen molar-refractivity contribution in [3.63, 3.8) is 0 Å². The van der Waals surface area contributed by atoms with Gasteiger partial charge in [-0.15, -0.1) is 0 Å². The SMILES string of the molecule is Cc1cccc(NC(=O)c2cc(F)c(-c3nn4c(c3C(N)=O)Nc3ccc(C(C)(C)C)cc3CC4)cc2C)n1. The van der Waals surface area contributed by atoms with Crippen molar-refractivity contribution in [3.05, 3.63) is 87.9 Å². The molecule has 4 N–H and O–H groups in total. The first-order chi connectivity index (χ1) is 18.4. The normalized spacial score (nSPS) is 12.7. The molecule has 0 bridgehead atoms. The number of nitrogens with two attached hydrogens (primary N) is 1. The van der Waals surface area contributed by atoms with E-state index in [2.05, 4.69) is 53.6 Å². The van der Waals surface area contributed by atoms with E-state index in [4.69, 9.17) is 5.73 Å². The van der Waals surface area contributed by atoms with Gasteiger partial charge >= 0.3 is 0 Å². The highest BCUT2D eigenvalue weighted by Gasteiger charge is 2.29. The molecular formula is C30H31FN6O2. The molecule has 5 rings (SSSR count). The zero-order valence-corrected chi connectivity index (χ0v) is 22.6. The molecular weight excluding hydrogens is 495 g/mol. The summed E-state index contributed by atoms with van der Waals surface area (Å²) >= 11 is 0. The molecule has 2 amide bonds. The number of halogens is 1. The first-order valence-electron chi connectivity index (χ1n) is 12.8. The van der Waals surface area contributed by atoms with Gasteiger partial charge in [0.15, 0.2) is 0 Å². The number of hydrogen-bond donors (Lipinski definition) is 3. The number of pyridine rings is 1. The Bertz CT molecular complexity index is 1630. The minimum Gasteiger partial charge on any atom is -0.365 e. The predicted octanol–water partition coefficient (Wildman–Crippen LogP) is 5.65. The molecule has 0 spiro atoms. The Morgan fingerprint density at radius 1 is 1.10 bits per heavy atom. The fraction of sp³-hybridized carbons (Fsp3) is 0.267. The molecule has 0 saturated carbocycles. The fourth-order valence-corrected chi connectivity index (χ4v) is 4.82. The van der Waals surface area contributed by atoms with Crippen LogP contribution in [-0.2, 0) is 18.4 Å². The number of rotatable bonds is 4. The zero-order valence-electron chi connectivity index (χ0n) is 22.6. The lowest BCUT2D eigenvalue weighted by atomic mass is 9.85. The van der Waals surface area contributed by atoms with Crippen LogP contribution in [-0.4, -0.2) is 26.6 Å². The van der Waals surface area contributed by atoms with Gasteiger partial charge in [0.05, 0.1) is 0 Å². The summed E-state index contributed by atoms with van der Waals surface area (Å²) in [7, 11) is 0. The van der Waals surface area contributed by atoms with E-state index in [9.17, 15) is 9.59 Å². The van der Waals surface area contributed by atoms with E-state index in [0.29, 0.717) is 30.2 Å². The third-order valence-electron chi connectivity index (χ3n) is 6.96. The first kappa shape index (κ1) is 26.1. The standard InChI is InChI=1S/C30H31FN6O2/c1-16-13-21(22(31)15-20(16)29(39)35-24-8-6-7-17(2)33-24)26-25(27(32)38)28-34-23-10-9-19(30(3,4)5)14-18(23)11-12-37(28)36-26/h6-10,13-15,34H,11-12H2,1-5H3,(H2,32,38)(H,33,35,39). The quantitative estimate of drug-likeness (QED) is 0.318. The number of amides is 2. The summed E-state index contributed by atoms with van der Waals surface area (Å²) in [5.41, 5.74) is 10.7. The number of carbonyl (C=O) groups is 2. The van der Waals surface area contributed by atoms with Crippen LogP contribution in [0.3, 0.4) is 0 Å². The van der Waals surface area contributed by atoms with Crippen LogP contribution >= 0.6 is 0 Å². The Kier molecular flexibility index (Phi) is 6.46. The number of hydrogen-bond acceptors (Lipinski definition) is 5. The second-order valence-electron chi connectivity index (χ2n) is 10.9. The lowest BCUT2D eigenvalue weighted by Gasteiger charge is -2.21. The molecule has 3 heterocycles. The van der Waals surface area contributed by atoms with Crippen molar-refractivity contribution in [1.82, 2.24) is 14.8 Å². The highest BCUT2D eigenvalue weighted by atomic mass is 19.1. The molecule has 2 aromatic heterocycles. The van der Waals surface area contributed by atoms with Crippen LogP contribution in [0.1, 0.15) is 63.9 Å². The van der Waals surface area contributed by atoms with E-state index in [1.807, 2.05) is 19.1 Å². The monoisotopic (exact) mass is 526 g/mol. The minimum absolute atomic E-state index is 0.00449. The summed E-state index contributed by atoms with van der Waals surface area (Å²) in [4.78, 5) is 29.8. The molecule has 0 radical (unpaired) electrons. The van der Waals surface area contributed by atoms with Crippen molar-refractivity contribution in [3.8, 4) is 11.3 Å². The smallest absolute Gasteiger partial charge is 0.257 e. The van der Waals surface area contributed by atoms with Crippen molar-refractivity contribution in [1.29, 1.82) is 0 Å². The van der Waals surface area contributed by atoms with Crippen LogP contribution in [0, 0.1) is 19.7 Å². The van der Waals surface area contributed by atoms with Crippen molar-refractivity contribution in [2.24, 2.45) is 5.73 Å². The third-order valence-corrected chi connectivity index (χ3v) is 6.96. The highest BCUT2D eigenvalue weighted by molar-refractivity contribution is 6.07. The molecule has 1 aliphatic rings. The number of nitrogens with one attached hydrogen (secondary N) is 2. The van der Waals surface area contributed by atoms with Gasteiger partial charge in [0.25, 0.3) is 11.8 Å². The van der Waals surface area contributed by atoms with Crippen LogP contribution in [0.25, 0.3) is 11.3 Å². The van der Waals surface area contributed by atoms with Gasteiger partial charge in [-0.2, -0.15) is 5.10 Å². The van der Waals surface area contributed by atoms with Crippen LogP contribution in [0.5, 0.6) is 0 Å². The molecule has 8 nitrogen and oxygen atoms in total. The average molecular weight is 527 g/mol. The van der Waals surface area contributed by atoms with E-state index in [1.165, 1.54) is 11.6 Å². The van der Waals surface area contributed by atoms with Gasteiger partial charge in [0.1, 0.15) is 28.7 Å². The van der Waals surface area contributed by atoms with Gasteiger partial charge in [-0.1, -0.05) is 39.0 Å².